The van der Waals surface area contributed by atoms with Crippen LogP contribution in [0.4, 0.5) is 11.4 Å². The van der Waals surface area contributed by atoms with Crippen LogP contribution in [-0.4, -0.2) is 22.6 Å². The highest BCUT2D eigenvalue weighted by molar-refractivity contribution is 7.80. The Morgan fingerprint density at radius 2 is 1.93 bits per heavy atom. The van der Waals surface area contributed by atoms with E-state index in [1.165, 1.54) is 18.2 Å². The molecule has 1 aliphatic rings. The maximum absolute atomic E-state index is 12.9. The first-order valence-electron chi connectivity index (χ1n) is 8.83. The molecule has 1 atom stereocenters. The van der Waals surface area contributed by atoms with Gasteiger partial charge in [0.1, 0.15) is 6.61 Å². The monoisotopic (exact) mass is 409 g/mol. The SMILES string of the molecule is C=CCOC(=O)C1=C(C)N(c2ccccc2)C(=S)N[C@@H]1c1ccc([N+](=O)[O-])cc1. The van der Waals surface area contributed by atoms with Crippen LogP contribution in [0, 0.1) is 10.1 Å². The standard InChI is InChI=1S/C21H19N3O4S/c1-3-13-28-20(25)18-14(2)23(16-7-5-4-6-8-16)21(29)22-19(18)15-9-11-17(12-10-15)24(26)27/h3-12,19H,1,13H2,2H3,(H,22,29)/t19-/m1/s1. The molecule has 0 saturated carbocycles. The number of nitro benzene ring substituents is 1. The molecule has 0 aromatic heterocycles. The number of esters is 1. The first-order chi connectivity index (χ1) is 13.9. The molecule has 148 valence electrons. The molecule has 29 heavy (non-hydrogen) atoms. The van der Waals surface area contributed by atoms with E-state index in [9.17, 15) is 14.9 Å². The number of carbonyl (C=O) groups is 1. The fourth-order valence-corrected chi connectivity index (χ4v) is 3.51. The number of thiocarbonyl (C=S) groups is 1. The van der Waals surface area contributed by atoms with Crippen molar-refractivity contribution in [2.24, 2.45) is 0 Å². The molecule has 0 aliphatic carbocycles. The van der Waals surface area contributed by atoms with Gasteiger partial charge in [-0.3, -0.25) is 15.0 Å². The van der Waals surface area contributed by atoms with E-state index in [1.807, 2.05) is 30.3 Å². The molecule has 0 bridgehead atoms. The van der Waals surface area contributed by atoms with Crippen molar-refractivity contribution in [3.8, 4) is 0 Å². The van der Waals surface area contributed by atoms with Crippen LogP contribution in [0.3, 0.4) is 0 Å². The van der Waals surface area contributed by atoms with E-state index in [0.29, 0.717) is 21.9 Å². The third kappa shape index (κ3) is 4.17. The zero-order valence-corrected chi connectivity index (χ0v) is 16.5. The fraction of sp³-hybridized carbons (Fsp3) is 0.143. The minimum absolute atomic E-state index is 0.0328. The molecule has 0 amide bonds. The van der Waals surface area contributed by atoms with Crippen molar-refractivity contribution < 1.29 is 14.5 Å². The lowest BCUT2D eigenvalue weighted by molar-refractivity contribution is -0.384. The van der Waals surface area contributed by atoms with Gasteiger partial charge in [0.05, 0.1) is 16.5 Å². The first kappa shape index (κ1) is 20.2. The Bertz CT molecular complexity index is 987. The van der Waals surface area contributed by atoms with Gasteiger partial charge in [-0.05, 0) is 49.0 Å². The second kappa shape index (κ2) is 8.66. The van der Waals surface area contributed by atoms with Crippen LogP contribution in [0.5, 0.6) is 0 Å². The molecule has 8 heteroatoms. The van der Waals surface area contributed by atoms with E-state index in [4.69, 9.17) is 17.0 Å². The third-order valence-corrected chi connectivity index (χ3v) is 4.79. The Balaban J connectivity index is 2.08. The summed E-state index contributed by atoms with van der Waals surface area (Å²) in [6.07, 6.45) is 1.49. The highest BCUT2D eigenvalue weighted by atomic mass is 32.1. The average Bonchev–Trinajstić information content (AvgIpc) is 2.72. The van der Waals surface area contributed by atoms with Crippen LogP contribution < -0.4 is 10.2 Å². The number of carbonyl (C=O) groups excluding carboxylic acids is 1. The highest BCUT2D eigenvalue weighted by Crippen LogP contribution is 2.34. The highest BCUT2D eigenvalue weighted by Gasteiger charge is 2.35. The Labute approximate surface area is 173 Å². The van der Waals surface area contributed by atoms with Crippen LogP contribution in [0.1, 0.15) is 18.5 Å². The van der Waals surface area contributed by atoms with Gasteiger partial charge >= 0.3 is 5.97 Å². The van der Waals surface area contributed by atoms with Crippen LogP contribution >= 0.6 is 12.2 Å². The molecule has 2 aromatic carbocycles. The summed E-state index contributed by atoms with van der Waals surface area (Å²) in [5.74, 6) is -0.512. The van der Waals surface area contributed by atoms with Crippen molar-refractivity contribution in [2.75, 3.05) is 11.5 Å². The molecular formula is C21H19N3O4S. The number of allylic oxidation sites excluding steroid dienone is 1. The molecule has 2 aromatic rings. The molecule has 1 N–H and O–H groups in total. The zero-order valence-electron chi connectivity index (χ0n) is 15.7. The average molecular weight is 409 g/mol. The molecule has 0 radical (unpaired) electrons. The van der Waals surface area contributed by atoms with Crippen LogP contribution in [-0.2, 0) is 9.53 Å². The number of nitrogens with zero attached hydrogens (tertiary/aromatic N) is 2. The second-order valence-corrected chi connectivity index (χ2v) is 6.68. The largest absolute Gasteiger partial charge is 0.458 e. The van der Waals surface area contributed by atoms with E-state index in [1.54, 1.807) is 24.0 Å². The lowest BCUT2D eigenvalue weighted by atomic mass is 9.94. The van der Waals surface area contributed by atoms with Gasteiger partial charge in [0, 0.05) is 23.5 Å². The molecular weight excluding hydrogens is 390 g/mol. The summed E-state index contributed by atoms with van der Waals surface area (Å²) in [6, 6.07) is 14.8. The summed E-state index contributed by atoms with van der Waals surface area (Å²) in [7, 11) is 0. The minimum Gasteiger partial charge on any atom is -0.458 e. The smallest absolute Gasteiger partial charge is 0.338 e. The van der Waals surface area contributed by atoms with Gasteiger partial charge in [-0.2, -0.15) is 0 Å². The van der Waals surface area contributed by atoms with Crippen molar-refractivity contribution in [3.63, 3.8) is 0 Å². The number of anilines is 1. The number of benzene rings is 2. The fourth-order valence-electron chi connectivity index (χ4n) is 3.15. The summed E-state index contributed by atoms with van der Waals surface area (Å²) in [5, 5.41) is 14.5. The van der Waals surface area contributed by atoms with Gasteiger partial charge in [-0.15, -0.1) is 0 Å². The quantitative estimate of drug-likeness (QED) is 0.253. The number of rotatable bonds is 6. The third-order valence-electron chi connectivity index (χ3n) is 4.49. The van der Waals surface area contributed by atoms with Gasteiger partial charge in [-0.1, -0.05) is 30.9 Å². The van der Waals surface area contributed by atoms with Crippen molar-refractivity contribution in [3.05, 3.63) is 94.2 Å². The number of non-ortho nitro benzene ring substituents is 1. The van der Waals surface area contributed by atoms with E-state index < -0.39 is 16.9 Å². The van der Waals surface area contributed by atoms with Crippen molar-refractivity contribution >= 4 is 34.7 Å². The number of ether oxygens (including phenoxy) is 1. The van der Waals surface area contributed by atoms with E-state index >= 15 is 0 Å². The summed E-state index contributed by atoms with van der Waals surface area (Å²) in [5.41, 5.74) is 2.43. The number of nitrogens with one attached hydrogen (secondary N) is 1. The lowest BCUT2D eigenvalue weighted by Gasteiger charge is -2.37. The van der Waals surface area contributed by atoms with Crippen LogP contribution in [0.15, 0.2) is 78.5 Å². The molecule has 0 fully saturated rings. The molecule has 1 aliphatic heterocycles. The summed E-state index contributed by atoms with van der Waals surface area (Å²) in [6.45, 7) is 5.43. The van der Waals surface area contributed by atoms with Crippen molar-refractivity contribution in [2.45, 2.75) is 13.0 Å². The van der Waals surface area contributed by atoms with Crippen molar-refractivity contribution in [1.82, 2.24) is 5.32 Å². The first-order valence-corrected chi connectivity index (χ1v) is 9.23. The van der Waals surface area contributed by atoms with Gasteiger partial charge in [-0.25, -0.2) is 4.79 Å². The predicted octanol–water partition coefficient (Wildman–Crippen LogP) is 4.03. The normalized spacial score (nSPS) is 16.2. The van der Waals surface area contributed by atoms with Gasteiger partial charge < -0.3 is 10.1 Å². The molecule has 0 saturated heterocycles. The number of para-hydroxylation sites is 1. The van der Waals surface area contributed by atoms with Gasteiger partial charge in [0.2, 0.25) is 0 Å². The Morgan fingerprint density at radius 3 is 2.52 bits per heavy atom. The second-order valence-electron chi connectivity index (χ2n) is 6.29. The summed E-state index contributed by atoms with van der Waals surface area (Å²) in [4.78, 5) is 25.1. The van der Waals surface area contributed by atoms with Gasteiger partial charge in [0.15, 0.2) is 5.11 Å². The summed E-state index contributed by atoms with van der Waals surface area (Å²) >= 11 is 5.56. The number of hydrogen-bond acceptors (Lipinski definition) is 5. The van der Waals surface area contributed by atoms with Crippen molar-refractivity contribution in [1.29, 1.82) is 0 Å². The zero-order chi connectivity index (χ0) is 21.0. The Kier molecular flexibility index (Phi) is 6.04. The lowest BCUT2D eigenvalue weighted by Crippen LogP contribution is -2.48. The number of nitro groups is 1. The summed E-state index contributed by atoms with van der Waals surface area (Å²) < 4.78 is 5.30. The molecule has 7 nitrogen and oxygen atoms in total. The molecule has 0 spiro atoms. The maximum Gasteiger partial charge on any atom is 0.338 e. The van der Waals surface area contributed by atoms with Crippen LogP contribution in [0.25, 0.3) is 0 Å². The van der Waals surface area contributed by atoms with E-state index in [2.05, 4.69) is 11.9 Å². The van der Waals surface area contributed by atoms with E-state index in [-0.39, 0.29) is 12.3 Å². The topological polar surface area (TPSA) is 84.7 Å². The Hall–Kier alpha value is -3.52. The van der Waals surface area contributed by atoms with E-state index in [0.717, 1.165) is 5.69 Å². The maximum atomic E-state index is 12.9. The Morgan fingerprint density at radius 1 is 1.28 bits per heavy atom. The van der Waals surface area contributed by atoms with Gasteiger partial charge in [0.25, 0.3) is 5.69 Å². The predicted molar refractivity (Wildman–Crippen MR) is 114 cm³/mol. The molecule has 3 rings (SSSR count). The minimum atomic E-state index is -0.597. The molecule has 1 heterocycles. The molecule has 0 unspecified atom stereocenters. The van der Waals surface area contributed by atoms with Crippen LogP contribution in [0.2, 0.25) is 0 Å². The number of hydrogen-bond donors (Lipinski definition) is 1.